The summed E-state index contributed by atoms with van der Waals surface area (Å²) in [6.07, 6.45) is 7.33. The van der Waals surface area contributed by atoms with E-state index in [9.17, 15) is 0 Å². The Morgan fingerprint density at radius 3 is 2.42 bits per heavy atom. The topological polar surface area (TPSA) is 12.9 Å². The van der Waals surface area contributed by atoms with Gasteiger partial charge >= 0.3 is 0 Å². The van der Waals surface area contributed by atoms with Gasteiger partial charge in [-0.15, -0.1) is 0 Å². The summed E-state index contributed by atoms with van der Waals surface area (Å²) in [5.41, 5.74) is 5.34. The van der Waals surface area contributed by atoms with Gasteiger partial charge in [0.2, 0.25) is 0 Å². The van der Waals surface area contributed by atoms with Crippen molar-refractivity contribution in [1.29, 1.82) is 0 Å². The van der Waals surface area contributed by atoms with Crippen molar-refractivity contribution in [3.63, 3.8) is 0 Å². The van der Waals surface area contributed by atoms with Crippen molar-refractivity contribution < 1.29 is 0 Å². The molecule has 0 saturated heterocycles. The van der Waals surface area contributed by atoms with E-state index in [1.54, 1.807) is 0 Å². The lowest BCUT2D eigenvalue weighted by molar-refractivity contribution is 0.587. The standard InChI is InChI=1S/C18H23N/c1-4-16-11-12-19-13-18(16)17-9-7-15(8-10-17)6-5-14(2)3/h7-14H,4-6H2,1-3H3. The SMILES string of the molecule is CCc1ccncc1-c1ccc(CCC(C)C)cc1. The van der Waals surface area contributed by atoms with Crippen molar-refractivity contribution in [2.75, 3.05) is 0 Å². The minimum atomic E-state index is 0.768. The van der Waals surface area contributed by atoms with Gasteiger partial charge in [-0.05, 0) is 47.9 Å². The normalized spacial score (nSPS) is 10.9. The van der Waals surface area contributed by atoms with Gasteiger partial charge < -0.3 is 0 Å². The van der Waals surface area contributed by atoms with E-state index in [2.05, 4.69) is 56.1 Å². The number of rotatable bonds is 5. The zero-order valence-electron chi connectivity index (χ0n) is 12.2. The zero-order chi connectivity index (χ0) is 13.7. The number of hydrogen-bond acceptors (Lipinski definition) is 1. The van der Waals surface area contributed by atoms with Gasteiger partial charge in [-0.1, -0.05) is 45.0 Å². The molecule has 0 aliphatic rings. The van der Waals surface area contributed by atoms with Crippen LogP contribution in [0.2, 0.25) is 0 Å². The van der Waals surface area contributed by atoms with Crippen molar-refractivity contribution in [1.82, 2.24) is 4.98 Å². The minimum Gasteiger partial charge on any atom is -0.264 e. The summed E-state index contributed by atoms with van der Waals surface area (Å²) in [5, 5.41) is 0. The second-order valence-corrected chi connectivity index (χ2v) is 5.52. The van der Waals surface area contributed by atoms with Crippen LogP contribution < -0.4 is 0 Å². The van der Waals surface area contributed by atoms with Crippen molar-refractivity contribution in [2.24, 2.45) is 5.92 Å². The van der Waals surface area contributed by atoms with Crippen LogP contribution in [0.15, 0.2) is 42.7 Å². The smallest absolute Gasteiger partial charge is 0.0349 e. The van der Waals surface area contributed by atoms with Crippen LogP contribution in [0.1, 0.15) is 38.3 Å². The first-order chi connectivity index (χ1) is 9.20. The van der Waals surface area contributed by atoms with Gasteiger partial charge in [-0.2, -0.15) is 0 Å². The number of benzene rings is 1. The third kappa shape index (κ3) is 3.66. The van der Waals surface area contributed by atoms with Crippen molar-refractivity contribution in [3.05, 3.63) is 53.9 Å². The molecule has 0 spiro atoms. The van der Waals surface area contributed by atoms with E-state index < -0.39 is 0 Å². The van der Waals surface area contributed by atoms with Crippen molar-refractivity contribution in [3.8, 4) is 11.1 Å². The van der Waals surface area contributed by atoms with Crippen LogP contribution in [0, 0.1) is 5.92 Å². The Kier molecular flexibility index (Phi) is 4.73. The Morgan fingerprint density at radius 1 is 1.05 bits per heavy atom. The highest BCUT2D eigenvalue weighted by molar-refractivity contribution is 5.66. The van der Waals surface area contributed by atoms with Crippen LogP contribution in [0.25, 0.3) is 11.1 Å². The largest absolute Gasteiger partial charge is 0.264 e. The van der Waals surface area contributed by atoms with Gasteiger partial charge in [0.1, 0.15) is 0 Å². The Labute approximate surface area is 116 Å². The van der Waals surface area contributed by atoms with E-state index in [4.69, 9.17) is 0 Å². The molecule has 0 bridgehead atoms. The van der Waals surface area contributed by atoms with Gasteiger partial charge in [0.25, 0.3) is 0 Å². The Balaban J connectivity index is 2.18. The molecule has 0 aliphatic carbocycles. The van der Waals surface area contributed by atoms with Gasteiger partial charge in [-0.3, -0.25) is 4.98 Å². The molecule has 100 valence electrons. The molecule has 0 fully saturated rings. The van der Waals surface area contributed by atoms with Gasteiger partial charge in [0.15, 0.2) is 0 Å². The number of pyridine rings is 1. The highest BCUT2D eigenvalue weighted by atomic mass is 14.6. The number of aromatic nitrogens is 1. The molecule has 0 atom stereocenters. The molecule has 0 N–H and O–H groups in total. The molecule has 19 heavy (non-hydrogen) atoms. The van der Waals surface area contributed by atoms with Crippen LogP contribution in [0.4, 0.5) is 0 Å². The van der Waals surface area contributed by atoms with Crippen LogP contribution in [-0.4, -0.2) is 4.98 Å². The summed E-state index contributed by atoms with van der Waals surface area (Å²) < 4.78 is 0. The molecule has 1 heteroatoms. The summed E-state index contributed by atoms with van der Waals surface area (Å²) in [6.45, 7) is 6.74. The first-order valence-corrected chi connectivity index (χ1v) is 7.23. The molecule has 0 radical (unpaired) electrons. The first kappa shape index (κ1) is 13.8. The van der Waals surface area contributed by atoms with Crippen LogP contribution >= 0.6 is 0 Å². The molecule has 1 aromatic carbocycles. The summed E-state index contributed by atoms with van der Waals surface area (Å²) in [4.78, 5) is 4.25. The van der Waals surface area contributed by atoms with E-state index in [-0.39, 0.29) is 0 Å². The highest BCUT2D eigenvalue weighted by Crippen LogP contribution is 2.24. The number of hydrogen-bond donors (Lipinski definition) is 0. The van der Waals surface area contributed by atoms with Gasteiger partial charge in [0.05, 0.1) is 0 Å². The summed E-state index contributed by atoms with van der Waals surface area (Å²) >= 11 is 0. The lowest BCUT2D eigenvalue weighted by atomic mass is 9.97. The zero-order valence-corrected chi connectivity index (χ0v) is 12.2. The fourth-order valence-electron chi connectivity index (χ4n) is 2.30. The first-order valence-electron chi connectivity index (χ1n) is 7.23. The predicted octanol–water partition coefficient (Wildman–Crippen LogP) is 4.90. The Hall–Kier alpha value is -1.63. The number of aryl methyl sites for hydroxylation is 2. The summed E-state index contributed by atoms with van der Waals surface area (Å²) in [5.74, 6) is 0.768. The van der Waals surface area contributed by atoms with E-state index in [0.717, 1.165) is 12.3 Å². The summed E-state index contributed by atoms with van der Waals surface area (Å²) in [6, 6.07) is 11.1. The van der Waals surface area contributed by atoms with Crippen molar-refractivity contribution >= 4 is 0 Å². The average Bonchev–Trinajstić information content (AvgIpc) is 2.45. The lowest BCUT2D eigenvalue weighted by Crippen LogP contribution is -1.93. The fraction of sp³-hybridized carbons (Fsp3) is 0.389. The third-order valence-corrected chi connectivity index (χ3v) is 3.57. The molecule has 0 saturated carbocycles. The molecule has 2 rings (SSSR count). The quantitative estimate of drug-likeness (QED) is 0.738. The van der Waals surface area contributed by atoms with Crippen LogP contribution in [0.3, 0.4) is 0 Å². The Morgan fingerprint density at radius 2 is 1.79 bits per heavy atom. The average molecular weight is 253 g/mol. The Bertz CT molecular complexity index is 511. The van der Waals surface area contributed by atoms with E-state index in [1.807, 2.05) is 12.4 Å². The van der Waals surface area contributed by atoms with Gasteiger partial charge in [-0.25, -0.2) is 0 Å². The van der Waals surface area contributed by atoms with E-state index in [1.165, 1.54) is 35.1 Å². The van der Waals surface area contributed by atoms with Crippen molar-refractivity contribution in [2.45, 2.75) is 40.0 Å². The molecule has 0 amide bonds. The van der Waals surface area contributed by atoms with Crippen LogP contribution in [0.5, 0.6) is 0 Å². The molecular weight excluding hydrogens is 230 g/mol. The minimum absolute atomic E-state index is 0.768. The second kappa shape index (κ2) is 6.51. The molecule has 1 nitrogen and oxygen atoms in total. The predicted molar refractivity (Wildman–Crippen MR) is 82.2 cm³/mol. The molecule has 0 aliphatic heterocycles. The third-order valence-electron chi connectivity index (χ3n) is 3.57. The van der Waals surface area contributed by atoms with E-state index in [0.29, 0.717) is 0 Å². The maximum absolute atomic E-state index is 4.25. The molecule has 2 aromatic rings. The molecule has 1 aromatic heterocycles. The molecular formula is C18H23N. The lowest BCUT2D eigenvalue weighted by Gasteiger charge is -2.09. The van der Waals surface area contributed by atoms with Crippen LogP contribution in [-0.2, 0) is 12.8 Å². The van der Waals surface area contributed by atoms with Gasteiger partial charge in [0, 0.05) is 18.0 Å². The highest BCUT2D eigenvalue weighted by Gasteiger charge is 2.04. The molecule has 1 heterocycles. The number of nitrogens with zero attached hydrogens (tertiary/aromatic N) is 1. The monoisotopic (exact) mass is 253 g/mol. The maximum Gasteiger partial charge on any atom is 0.0349 e. The maximum atomic E-state index is 4.25. The fourth-order valence-corrected chi connectivity index (χ4v) is 2.30. The second-order valence-electron chi connectivity index (χ2n) is 5.52. The molecule has 0 unspecified atom stereocenters. The van der Waals surface area contributed by atoms with E-state index >= 15 is 0 Å². The summed E-state index contributed by atoms with van der Waals surface area (Å²) in [7, 11) is 0.